The smallest absolute Gasteiger partial charge is 0.330 e. The predicted molar refractivity (Wildman–Crippen MR) is 91.6 cm³/mol. The van der Waals surface area contributed by atoms with Gasteiger partial charge >= 0.3 is 17.9 Å². The van der Waals surface area contributed by atoms with Gasteiger partial charge in [0.15, 0.2) is 5.41 Å². The summed E-state index contributed by atoms with van der Waals surface area (Å²) >= 11 is 0. The van der Waals surface area contributed by atoms with Crippen LogP contribution in [0.4, 0.5) is 0 Å². The summed E-state index contributed by atoms with van der Waals surface area (Å²) in [7, 11) is 0. The van der Waals surface area contributed by atoms with E-state index in [1.54, 1.807) is 45.0 Å². The van der Waals surface area contributed by atoms with Crippen LogP contribution in [0.5, 0.6) is 0 Å². The summed E-state index contributed by atoms with van der Waals surface area (Å²) in [6.45, 7) is 5.34. The van der Waals surface area contributed by atoms with Crippen molar-refractivity contribution < 1.29 is 28.6 Å². The lowest BCUT2D eigenvalue weighted by atomic mass is 9.81. The minimum Gasteiger partial charge on any atom is -0.465 e. The molecule has 0 saturated carbocycles. The monoisotopic (exact) mass is 348 g/mol. The zero-order valence-electron chi connectivity index (χ0n) is 14.8. The van der Waals surface area contributed by atoms with E-state index in [1.807, 2.05) is 6.07 Å². The highest BCUT2D eigenvalue weighted by atomic mass is 16.6. The number of ether oxygens (including phenoxy) is 3. The molecular formula is C19H24O6. The third-order valence-electron chi connectivity index (χ3n) is 3.40. The molecule has 0 atom stereocenters. The summed E-state index contributed by atoms with van der Waals surface area (Å²) < 4.78 is 15.0. The van der Waals surface area contributed by atoms with Crippen LogP contribution >= 0.6 is 0 Å². The van der Waals surface area contributed by atoms with E-state index in [-0.39, 0.29) is 26.2 Å². The number of rotatable bonds is 9. The van der Waals surface area contributed by atoms with Gasteiger partial charge in [0.25, 0.3) is 0 Å². The lowest BCUT2D eigenvalue weighted by Gasteiger charge is -2.26. The molecule has 0 radical (unpaired) electrons. The Hall–Kier alpha value is -2.63. The Kier molecular flexibility index (Phi) is 8.39. The summed E-state index contributed by atoms with van der Waals surface area (Å²) in [6.07, 6.45) is 2.30. The normalized spacial score (nSPS) is 11.2. The molecule has 1 rings (SSSR count). The minimum atomic E-state index is -1.75. The molecule has 136 valence electrons. The molecule has 0 heterocycles. The predicted octanol–water partition coefficient (Wildman–Crippen LogP) is 2.46. The molecule has 1 aromatic rings. The van der Waals surface area contributed by atoms with Crippen LogP contribution in [-0.2, 0) is 35.0 Å². The van der Waals surface area contributed by atoms with Crippen molar-refractivity contribution in [2.45, 2.75) is 27.2 Å². The molecule has 0 aliphatic rings. The molecule has 0 unspecified atom stereocenters. The molecular weight excluding hydrogens is 324 g/mol. The average molecular weight is 348 g/mol. The van der Waals surface area contributed by atoms with E-state index < -0.39 is 23.3 Å². The molecule has 1 aromatic carbocycles. The molecule has 0 aliphatic carbocycles. The van der Waals surface area contributed by atoms with Crippen LogP contribution in [-0.4, -0.2) is 37.7 Å². The first-order chi connectivity index (χ1) is 12.0. The molecule has 0 aliphatic heterocycles. The fourth-order valence-electron chi connectivity index (χ4n) is 2.26. The molecule has 0 N–H and O–H groups in total. The van der Waals surface area contributed by atoms with E-state index in [4.69, 9.17) is 14.2 Å². The van der Waals surface area contributed by atoms with Gasteiger partial charge in [-0.25, -0.2) is 4.79 Å². The first-order valence-electron chi connectivity index (χ1n) is 8.24. The van der Waals surface area contributed by atoms with Crippen LogP contribution in [0, 0.1) is 5.41 Å². The Labute approximate surface area is 147 Å². The Morgan fingerprint density at radius 2 is 1.40 bits per heavy atom. The number of carbonyl (C=O) groups is 3. The van der Waals surface area contributed by atoms with Crippen LogP contribution in [0.2, 0.25) is 0 Å². The van der Waals surface area contributed by atoms with Gasteiger partial charge in [-0.2, -0.15) is 0 Å². The van der Waals surface area contributed by atoms with Gasteiger partial charge in [0.1, 0.15) is 0 Å². The summed E-state index contributed by atoms with van der Waals surface area (Å²) in [5.41, 5.74) is -1.02. The van der Waals surface area contributed by atoms with Crippen LogP contribution in [0.3, 0.4) is 0 Å². The lowest BCUT2D eigenvalue weighted by molar-refractivity contribution is -0.167. The van der Waals surface area contributed by atoms with Gasteiger partial charge in [-0.05, 0) is 32.4 Å². The number of benzene rings is 1. The zero-order valence-corrected chi connectivity index (χ0v) is 14.8. The molecule has 6 nitrogen and oxygen atoms in total. The fourth-order valence-corrected chi connectivity index (χ4v) is 2.26. The molecule has 25 heavy (non-hydrogen) atoms. The van der Waals surface area contributed by atoms with Gasteiger partial charge in [0, 0.05) is 12.5 Å². The van der Waals surface area contributed by atoms with Crippen LogP contribution in [0.25, 0.3) is 0 Å². The molecule has 0 saturated heterocycles. The number of hydrogen-bond acceptors (Lipinski definition) is 6. The highest BCUT2D eigenvalue weighted by Gasteiger charge is 2.47. The molecule has 0 aromatic heterocycles. The maximum Gasteiger partial charge on any atom is 0.330 e. The second-order valence-electron chi connectivity index (χ2n) is 5.16. The Balaban J connectivity index is 3.32. The lowest BCUT2D eigenvalue weighted by Crippen LogP contribution is -2.42. The van der Waals surface area contributed by atoms with Gasteiger partial charge in [0.05, 0.1) is 19.8 Å². The number of esters is 3. The van der Waals surface area contributed by atoms with Crippen molar-refractivity contribution in [2.24, 2.45) is 5.41 Å². The van der Waals surface area contributed by atoms with E-state index in [0.29, 0.717) is 0 Å². The van der Waals surface area contributed by atoms with Crippen molar-refractivity contribution in [1.29, 1.82) is 0 Å². The van der Waals surface area contributed by atoms with Gasteiger partial charge in [-0.1, -0.05) is 30.3 Å². The standard InChI is InChI=1S/C19H24O6/c1-4-23-16(20)12-13-19(17(21)24-5-2,18(22)25-6-3)14-15-10-8-7-9-11-15/h7-13H,4-6,14H2,1-3H3/b13-12+. The van der Waals surface area contributed by atoms with Crippen molar-refractivity contribution in [1.82, 2.24) is 0 Å². The highest BCUT2D eigenvalue weighted by molar-refractivity contribution is 6.03. The van der Waals surface area contributed by atoms with Crippen molar-refractivity contribution in [2.75, 3.05) is 19.8 Å². The largest absolute Gasteiger partial charge is 0.465 e. The van der Waals surface area contributed by atoms with Crippen LogP contribution in [0.1, 0.15) is 26.3 Å². The van der Waals surface area contributed by atoms with Crippen molar-refractivity contribution in [3.8, 4) is 0 Å². The molecule has 0 amide bonds. The van der Waals surface area contributed by atoms with E-state index >= 15 is 0 Å². The summed E-state index contributed by atoms with van der Waals surface area (Å²) in [5.74, 6) is -2.18. The molecule has 6 heteroatoms. The maximum absolute atomic E-state index is 12.6. The topological polar surface area (TPSA) is 78.9 Å². The van der Waals surface area contributed by atoms with Gasteiger partial charge in [-0.15, -0.1) is 0 Å². The number of hydrogen-bond donors (Lipinski definition) is 0. The second-order valence-corrected chi connectivity index (χ2v) is 5.16. The highest BCUT2D eigenvalue weighted by Crippen LogP contribution is 2.29. The fraction of sp³-hybridized carbons (Fsp3) is 0.421. The van der Waals surface area contributed by atoms with Crippen LogP contribution in [0.15, 0.2) is 42.5 Å². The SMILES string of the molecule is CCOC(=O)/C=C/C(Cc1ccccc1)(C(=O)OCC)C(=O)OCC. The van der Waals surface area contributed by atoms with Gasteiger partial charge in [0.2, 0.25) is 0 Å². The molecule has 0 fully saturated rings. The molecule has 0 bridgehead atoms. The zero-order chi connectivity index (χ0) is 18.7. The summed E-state index contributed by atoms with van der Waals surface area (Å²) in [5, 5.41) is 0. The third kappa shape index (κ3) is 5.74. The van der Waals surface area contributed by atoms with Crippen LogP contribution < -0.4 is 0 Å². The third-order valence-corrected chi connectivity index (χ3v) is 3.40. The van der Waals surface area contributed by atoms with E-state index in [2.05, 4.69) is 0 Å². The Morgan fingerprint density at radius 3 is 1.88 bits per heavy atom. The first kappa shape index (κ1) is 20.4. The van der Waals surface area contributed by atoms with Gasteiger partial charge < -0.3 is 14.2 Å². The minimum absolute atomic E-state index is 0.0153. The van der Waals surface area contributed by atoms with E-state index in [0.717, 1.165) is 11.6 Å². The summed E-state index contributed by atoms with van der Waals surface area (Å²) in [4.78, 5) is 36.9. The van der Waals surface area contributed by atoms with Crippen molar-refractivity contribution in [3.05, 3.63) is 48.0 Å². The van der Waals surface area contributed by atoms with Crippen molar-refractivity contribution in [3.63, 3.8) is 0 Å². The first-order valence-corrected chi connectivity index (χ1v) is 8.24. The second kappa shape index (κ2) is 10.3. The Morgan fingerprint density at radius 1 is 0.880 bits per heavy atom. The van der Waals surface area contributed by atoms with E-state index in [9.17, 15) is 14.4 Å². The number of carbonyl (C=O) groups excluding carboxylic acids is 3. The van der Waals surface area contributed by atoms with E-state index in [1.165, 1.54) is 6.08 Å². The molecule has 0 spiro atoms. The summed E-state index contributed by atoms with van der Waals surface area (Å²) in [6, 6.07) is 8.99. The van der Waals surface area contributed by atoms with Gasteiger partial charge in [-0.3, -0.25) is 9.59 Å². The quantitative estimate of drug-likeness (QED) is 0.295. The average Bonchev–Trinajstić information content (AvgIpc) is 2.60. The van der Waals surface area contributed by atoms with Crippen molar-refractivity contribution >= 4 is 17.9 Å². The maximum atomic E-state index is 12.6. The Bertz CT molecular complexity index is 588.